The Morgan fingerprint density at radius 2 is 1.68 bits per heavy atom. The summed E-state index contributed by atoms with van der Waals surface area (Å²) in [7, 11) is 0. The first kappa shape index (κ1) is 24.8. The first-order valence-electron chi connectivity index (χ1n) is 11.3. The number of hydrogen-bond donors (Lipinski definition) is 1. The van der Waals surface area contributed by atoms with Crippen molar-refractivity contribution in [3.8, 4) is 17.2 Å². The van der Waals surface area contributed by atoms with E-state index in [4.69, 9.17) is 9.47 Å². The van der Waals surface area contributed by atoms with E-state index in [-0.39, 0.29) is 24.6 Å². The van der Waals surface area contributed by atoms with Crippen molar-refractivity contribution in [3.05, 3.63) is 116 Å². The van der Waals surface area contributed by atoms with Gasteiger partial charge in [0.25, 0.3) is 11.5 Å². The SMILES string of the molecule is O=C(NCc1ccc2c(c1)OCO2)c1nn(-c2ccccc2)c(=O)n(Cc2cccc(C(F)(F)F)c2)c1=O. The third kappa shape index (κ3) is 5.01. The van der Waals surface area contributed by atoms with Crippen molar-refractivity contribution in [2.75, 3.05) is 6.79 Å². The highest BCUT2D eigenvalue weighted by atomic mass is 19.4. The second kappa shape index (κ2) is 9.88. The Kier molecular flexibility index (Phi) is 6.45. The fourth-order valence-electron chi connectivity index (χ4n) is 3.88. The number of para-hydroxylation sites is 1. The molecule has 0 spiro atoms. The molecule has 0 saturated carbocycles. The number of alkyl halides is 3. The Bertz CT molecular complexity index is 1630. The van der Waals surface area contributed by atoms with E-state index in [9.17, 15) is 27.6 Å². The molecular formula is C26H19F3N4O5. The van der Waals surface area contributed by atoms with Crippen LogP contribution in [0.2, 0.25) is 0 Å². The summed E-state index contributed by atoms with van der Waals surface area (Å²) in [5, 5.41) is 6.60. The summed E-state index contributed by atoms with van der Waals surface area (Å²) in [4.78, 5) is 39.5. The largest absolute Gasteiger partial charge is 0.454 e. The van der Waals surface area contributed by atoms with Crippen molar-refractivity contribution < 1.29 is 27.4 Å². The minimum atomic E-state index is -4.61. The van der Waals surface area contributed by atoms with E-state index in [1.165, 1.54) is 12.1 Å². The molecule has 0 atom stereocenters. The molecule has 1 N–H and O–H groups in total. The minimum Gasteiger partial charge on any atom is -0.454 e. The molecule has 0 saturated heterocycles. The van der Waals surface area contributed by atoms with Crippen LogP contribution in [0.15, 0.2) is 82.4 Å². The van der Waals surface area contributed by atoms with Gasteiger partial charge in [-0.3, -0.25) is 14.2 Å². The number of ether oxygens (including phenoxy) is 2. The highest BCUT2D eigenvalue weighted by molar-refractivity contribution is 5.91. The fraction of sp³-hybridized carbons (Fsp3) is 0.154. The van der Waals surface area contributed by atoms with E-state index < -0.39 is 41.1 Å². The van der Waals surface area contributed by atoms with Crippen LogP contribution < -0.4 is 26.0 Å². The van der Waals surface area contributed by atoms with Crippen molar-refractivity contribution in [1.29, 1.82) is 0 Å². The number of hydrogen-bond acceptors (Lipinski definition) is 6. The predicted molar refractivity (Wildman–Crippen MR) is 128 cm³/mol. The van der Waals surface area contributed by atoms with Gasteiger partial charge in [0.05, 0.1) is 17.8 Å². The molecule has 0 radical (unpaired) electrons. The number of halogens is 3. The predicted octanol–water partition coefficient (Wildman–Crippen LogP) is 3.12. The third-order valence-corrected chi connectivity index (χ3v) is 5.76. The second-order valence-electron chi connectivity index (χ2n) is 8.34. The van der Waals surface area contributed by atoms with Crippen molar-refractivity contribution >= 4 is 5.91 Å². The molecule has 1 amide bonds. The highest BCUT2D eigenvalue weighted by Crippen LogP contribution is 2.32. The summed E-state index contributed by atoms with van der Waals surface area (Å²) < 4.78 is 51.8. The van der Waals surface area contributed by atoms with Crippen LogP contribution in [0, 0.1) is 0 Å². The summed E-state index contributed by atoms with van der Waals surface area (Å²) in [6, 6.07) is 17.4. The molecule has 0 bridgehead atoms. The van der Waals surface area contributed by atoms with Crippen LogP contribution in [0.5, 0.6) is 11.5 Å². The van der Waals surface area contributed by atoms with Crippen LogP contribution in [0.1, 0.15) is 27.2 Å². The second-order valence-corrected chi connectivity index (χ2v) is 8.34. The minimum absolute atomic E-state index is 0.00862. The van der Waals surface area contributed by atoms with Gasteiger partial charge in [-0.05, 0) is 47.5 Å². The number of amides is 1. The molecule has 9 nitrogen and oxygen atoms in total. The molecular weight excluding hydrogens is 505 g/mol. The molecule has 0 fully saturated rings. The first-order valence-corrected chi connectivity index (χ1v) is 11.3. The van der Waals surface area contributed by atoms with E-state index >= 15 is 0 Å². The van der Waals surface area contributed by atoms with E-state index in [0.29, 0.717) is 21.6 Å². The van der Waals surface area contributed by atoms with Crippen molar-refractivity contribution in [1.82, 2.24) is 19.7 Å². The number of carbonyl (C=O) groups is 1. The molecule has 194 valence electrons. The maximum atomic E-state index is 13.2. The molecule has 12 heteroatoms. The monoisotopic (exact) mass is 524 g/mol. The quantitative estimate of drug-likeness (QED) is 0.416. The van der Waals surface area contributed by atoms with E-state index in [1.54, 1.807) is 48.5 Å². The lowest BCUT2D eigenvalue weighted by molar-refractivity contribution is -0.137. The Morgan fingerprint density at radius 1 is 0.921 bits per heavy atom. The maximum absolute atomic E-state index is 13.2. The zero-order valence-corrected chi connectivity index (χ0v) is 19.6. The number of nitrogens with zero attached hydrogens (tertiary/aromatic N) is 3. The van der Waals surface area contributed by atoms with E-state index in [2.05, 4.69) is 10.4 Å². The van der Waals surface area contributed by atoms with Crippen molar-refractivity contribution in [3.63, 3.8) is 0 Å². The van der Waals surface area contributed by atoms with Crippen LogP contribution in [0.25, 0.3) is 5.69 Å². The molecule has 1 aliphatic heterocycles. The molecule has 5 rings (SSSR count). The molecule has 0 aliphatic carbocycles. The summed E-state index contributed by atoms with van der Waals surface area (Å²) in [5.74, 6) is 0.209. The summed E-state index contributed by atoms with van der Waals surface area (Å²) in [6.07, 6.45) is -4.61. The van der Waals surface area contributed by atoms with Crippen LogP contribution in [0.3, 0.4) is 0 Å². The van der Waals surface area contributed by atoms with Crippen LogP contribution >= 0.6 is 0 Å². The number of nitrogens with one attached hydrogen (secondary N) is 1. The average Bonchev–Trinajstić information content (AvgIpc) is 3.38. The Balaban J connectivity index is 1.51. The number of rotatable bonds is 6. The number of benzene rings is 3. The standard InChI is InChI=1S/C26H19F3N4O5/c27-26(28,29)18-6-4-5-17(11-18)14-32-24(35)22(31-33(25(32)36)19-7-2-1-3-8-19)23(34)30-13-16-9-10-20-21(12-16)38-15-37-20/h1-12H,13-15H2,(H,30,34). The Hall–Kier alpha value is -4.87. The normalized spacial score (nSPS) is 12.4. The highest BCUT2D eigenvalue weighted by Gasteiger charge is 2.30. The lowest BCUT2D eigenvalue weighted by atomic mass is 10.1. The summed E-state index contributed by atoms with van der Waals surface area (Å²) in [6.45, 7) is -0.407. The molecule has 2 heterocycles. The number of aromatic nitrogens is 3. The van der Waals surface area contributed by atoms with Gasteiger partial charge in [-0.15, -0.1) is 0 Å². The van der Waals surface area contributed by atoms with Gasteiger partial charge in [0.15, 0.2) is 11.5 Å². The Morgan fingerprint density at radius 3 is 2.45 bits per heavy atom. The zero-order valence-electron chi connectivity index (χ0n) is 19.6. The van der Waals surface area contributed by atoms with E-state index in [0.717, 1.165) is 16.8 Å². The molecule has 3 aromatic carbocycles. The summed E-state index contributed by atoms with van der Waals surface area (Å²) >= 11 is 0. The van der Waals surface area contributed by atoms with Crippen LogP contribution in [-0.4, -0.2) is 27.0 Å². The van der Waals surface area contributed by atoms with Crippen LogP contribution in [0.4, 0.5) is 13.2 Å². The maximum Gasteiger partial charge on any atom is 0.416 e. The van der Waals surface area contributed by atoms with Crippen molar-refractivity contribution in [2.45, 2.75) is 19.3 Å². The Labute approximate surface area is 212 Å². The molecule has 4 aromatic rings. The van der Waals surface area contributed by atoms with Gasteiger partial charge in [0.1, 0.15) is 0 Å². The van der Waals surface area contributed by atoms with Gasteiger partial charge in [-0.25, -0.2) is 4.79 Å². The average molecular weight is 524 g/mol. The smallest absolute Gasteiger partial charge is 0.416 e. The molecule has 38 heavy (non-hydrogen) atoms. The van der Waals surface area contributed by atoms with Gasteiger partial charge in [0, 0.05) is 6.54 Å². The lowest BCUT2D eigenvalue weighted by Crippen LogP contribution is -2.46. The lowest BCUT2D eigenvalue weighted by Gasteiger charge is -2.13. The van der Waals surface area contributed by atoms with Gasteiger partial charge < -0.3 is 14.8 Å². The fourth-order valence-corrected chi connectivity index (χ4v) is 3.88. The van der Waals surface area contributed by atoms with Crippen LogP contribution in [-0.2, 0) is 19.3 Å². The van der Waals surface area contributed by atoms with Gasteiger partial charge in [-0.1, -0.05) is 36.4 Å². The summed E-state index contributed by atoms with van der Waals surface area (Å²) in [5.41, 5.74) is -2.50. The number of carbonyl (C=O) groups excluding carboxylic acids is 1. The van der Waals surface area contributed by atoms with Gasteiger partial charge >= 0.3 is 11.9 Å². The van der Waals surface area contributed by atoms with E-state index in [1.807, 2.05) is 0 Å². The first-order chi connectivity index (χ1) is 18.2. The van der Waals surface area contributed by atoms with Gasteiger partial charge in [0.2, 0.25) is 12.5 Å². The molecule has 1 aromatic heterocycles. The van der Waals surface area contributed by atoms with Crippen molar-refractivity contribution in [2.24, 2.45) is 0 Å². The topological polar surface area (TPSA) is 104 Å². The van der Waals surface area contributed by atoms with Gasteiger partial charge in [-0.2, -0.15) is 23.0 Å². The molecule has 0 unspecified atom stereocenters. The third-order valence-electron chi connectivity index (χ3n) is 5.76. The zero-order chi connectivity index (χ0) is 26.9. The molecule has 1 aliphatic rings. The number of fused-ring (bicyclic) bond motifs is 1.